The molecule has 0 radical (unpaired) electrons. The van der Waals surface area contributed by atoms with Gasteiger partial charge < -0.3 is 5.32 Å². The Morgan fingerprint density at radius 1 is 1.41 bits per heavy atom. The first kappa shape index (κ1) is 12.6. The Kier molecular flexibility index (Phi) is 3.54. The third kappa shape index (κ3) is 3.07. The van der Waals surface area contributed by atoms with Crippen molar-refractivity contribution in [2.45, 2.75) is 37.1 Å². The van der Waals surface area contributed by atoms with Gasteiger partial charge in [0, 0.05) is 12.3 Å². The lowest BCUT2D eigenvalue weighted by atomic mass is 10.0. The van der Waals surface area contributed by atoms with Gasteiger partial charge in [-0.25, -0.2) is 8.42 Å². The maximum atomic E-state index is 11.6. The summed E-state index contributed by atoms with van der Waals surface area (Å²) in [6, 6.07) is 6.26. The maximum Gasteiger partial charge on any atom is 0.175 e. The predicted octanol–water partition coefficient (Wildman–Crippen LogP) is 1.69. The molecule has 0 spiro atoms. The molecule has 1 aliphatic rings. The van der Waals surface area contributed by atoms with E-state index in [2.05, 4.69) is 5.32 Å². The van der Waals surface area contributed by atoms with Crippen LogP contribution in [0.2, 0.25) is 0 Å². The van der Waals surface area contributed by atoms with Crippen LogP contribution in [0.5, 0.6) is 0 Å². The molecule has 1 aliphatic heterocycles. The molecule has 0 aromatic heterocycles. The SMILES string of the molecule is Cc1ccc(CC2CCCN2)cc1S(C)(=O)=O. The molecule has 0 amide bonds. The van der Waals surface area contributed by atoms with Gasteiger partial charge in [0.05, 0.1) is 4.90 Å². The van der Waals surface area contributed by atoms with Crippen LogP contribution in [0.1, 0.15) is 24.0 Å². The first-order chi connectivity index (χ1) is 7.97. The summed E-state index contributed by atoms with van der Waals surface area (Å²) in [7, 11) is -3.11. The van der Waals surface area contributed by atoms with Crippen molar-refractivity contribution in [3.63, 3.8) is 0 Å². The molecule has 1 atom stereocenters. The number of benzene rings is 1. The molecule has 0 aliphatic carbocycles. The Morgan fingerprint density at radius 2 is 2.18 bits per heavy atom. The quantitative estimate of drug-likeness (QED) is 0.891. The van der Waals surface area contributed by atoms with E-state index in [9.17, 15) is 8.42 Å². The van der Waals surface area contributed by atoms with E-state index in [1.165, 1.54) is 19.1 Å². The highest BCUT2D eigenvalue weighted by atomic mass is 32.2. The largest absolute Gasteiger partial charge is 0.314 e. The second kappa shape index (κ2) is 4.78. The minimum Gasteiger partial charge on any atom is -0.314 e. The van der Waals surface area contributed by atoms with Crippen LogP contribution >= 0.6 is 0 Å². The normalized spacial score (nSPS) is 20.7. The summed E-state index contributed by atoms with van der Waals surface area (Å²) < 4.78 is 23.3. The zero-order valence-corrected chi connectivity index (χ0v) is 11.2. The molecular weight excluding hydrogens is 234 g/mol. The molecule has 1 unspecified atom stereocenters. The van der Waals surface area contributed by atoms with E-state index in [4.69, 9.17) is 0 Å². The van der Waals surface area contributed by atoms with Crippen LogP contribution in [0.15, 0.2) is 23.1 Å². The van der Waals surface area contributed by atoms with Crippen LogP contribution in [0, 0.1) is 6.92 Å². The smallest absolute Gasteiger partial charge is 0.175 e. The molecule has 1 N–H and O–H groups in total. The second-order valence-electron chi connectivity index (χ2n) is 4.87. The molecule has 0 saturated carbocycles. The molecule has 17 heavy (non-hydrogen) atoms. The average molecular weight is 253 g/mol. The Morgan fingerprint density at radius 3 is 2.76 bits per heavy atom. The van der Waals surface area contributed by atoms with Gasteiger partial charge in [0.2, 0.25) is 0 Å². The van der Waals surface area contributed by atoms with Gasteiger partial charge in [-0.3, -0.25) is 0 Å². The van der Waals surface area contributed by atoms with E-state index < -0.39 is 9.84 Å². The van der Waals surface area contributed by atoms with Gasteiger partial charge in [-0.2, -0.15) is 0 Å². The molecule has 1 aromatic carbocycles. The highest BCUT2D eigenvalue weighted by Gasteiger charge is 2.16. The standard InChI is InChI=1S/C13H19NO2S/c1-10-5-6-11(8-12-4-3-7-14-12)9-13(10)17(2,15)16/h5-6,9,12,14H,3-4,7-8H2,1-2H3. The van der Waals surface area contributed by atoms with Gasteiger partial charge in [-0.1, -0.05) is 12.1 Å². The van der Waals surface area contributed by atoms with Gasteiger partial charge in [0.1, 0.15) is 0 Å². The van der Waals surface area contributed by atoms with Crippen molar-refractivity contribution in [3.05, 3.63) is 29.3 Å². The monoisotopic (exact) mass is 253 g/mol. The zero-order chi connectivity index (χ0) is 12.5. The molecule has 1 heterocycles. The number of aryl methyl sites for hydroxylation is 1. The van der Waals surface area contributed by atoms with Crippen LogP contribution in [0.25, 0.3) is 0 Å². The Hall–Kier alpha value is -0.870. The van der Waals surface area contributed by atoms with E-state index in [1.807, 2.05) is 25.1 Å². The first-order valence-electron chi connectivity index (χ1n) is 6.00. The molecule has 4 heteroatoms. The lowest BCUT2D eigenvalue weighted by molar-refractivity contribution is 0.596. The van der Waals surface area contributed by atoms with E-state index >= 15 is 0 Å². The van der Waals surface area contributed by atoms with Gasteiger partial charge in [-0.05, 0) is 49.9 Å². The maximum absolute atomic E-state index is 11.6. The third-order valence-electron chi connectivity index (χ3n) is 3.30. The first-order valence-corrected chi connectivity index (χ1v) is 7.89. The zero-order valence-electron chi connectivity index (χ0n) is 10.4. The summed E-state index contributed by atoms with van der Waals surface area (Å²) in [5.41, 5.74) is 1.94. The number of hydrogen-bond acceptors (Lipinski definition) is 3. The van der Waals surface area contributed by atoms with E-state index in [0.717, 1.165) is 24.1 Å². The fourth-order valence-electron chi connectivity index (χ4n) is 2.39. The summed E-state index contributed by atoms with van der Waals surface area (Å²) in [6.07, 6.45) is 4.59. The second-order valence-corrected chi connectivity index (χ2v) is 6.85. The number of nitrogens with one attached hydrogen (secondary N) is 1. The van der Waals surface area contributed by atoms with E-state index in [0.29, 0.717) is 10.9 Å². The lowest BCUT2D eigenvalue weighted by Crippen LogP contribution is -2.23. The summed E-state index contributed by atoms with van der Waals surface area (Å²) in [5, 5.41) is 3.43. The fourth-order valence-corrected chi connectivity index (χ4v) is 3.40. The highest BCUT2D eigenvalue weighted by Crippen LogP contribution is 2.19. The number of rotatable bonds is 3. The summed E-state index contributed by atoms with van der Waals surface area (Å²) in [4.78, 5) is 0.466. The molecule has 2 rings (SSSR count). The van der Waals surface area contributed by atoms with Crippen LogP contribution < -0.4 is 5.32 Å². The van der Waals surface area contributed by atoms with Crippen LogP contribution in [-0.4, -0.2) is 27.3 Å². The van der Waals surface area contributed by atoms with Crippen molar-refractivity contribution in [1.29, 1.82) is 0 Å². The topological polar surface area (TPSA) is 46.2 Å². The molecule has 94 valence electrons. The van der Waals surface area contributed by atoms with Crippen LogP contribution in [0.3, 0.4) is 0 Å². The summed E-state index contributed by atoms with van der Waals surface area (Å²) in [5.74, 6) is 0. The van der Waals surface area contributed by atoms with Crippen molar-refractivity contribution in [2.75, 3.05) is 12.8 Å². The summed E-state index contributed by atoms with van der Waals surface area (Å²) >= 11 is 0. The van der Waals surface area contributed by atoms with Gasteiger partial charge in [0.15, 0.2) is 9.84 Å². The van der Waals surface area contributed by atoms with Gasteiger partial charge in [0.25, 0.3) is 0 Å². The van der Waals surface area contributed by atoms with Gasteiger partial charge >= 0.3 is 0 Å². The molecule has 1 saturated heterocycles. The number of hydrogen-bond donors (Lipinski definition) is 1. The molecular formula is C13H19NO2S. The van der Waals surface area contributed by atoms with Crippen molar-refractivity contribution < 1.29 is 8.42 Å². The Bertz CT molecular complexity index is 502. The third-order valence-corrected chi connectivity index (χ3v) is 4.54. The van der Waals surface area contributed by atoms with Crippen LogP contribution in [-0.2, 0) is 16.3 Å². The average Bonchev–Trinajstić information content (AvgIpc) is 2.72. The van der Waals surface area contributed by atoms with Crippen LogP contribution in [0.4, 0.5) is 0 Å². The molecule has 0 bridgehead atoms. The molecule has 3 nitrogen and oxygen atoms in total. The van der Waals surface area contributed by atoms with E-state index in [1.54, 1.807) is 0 Å². The minimum absolute atomic E-state index is 0.466. The van der Waals surface area contributed by atoms with E-state index in [-0.39, 0.29) is 0 Å². The van der Waals surface area contributed by atoms with Crippen molar-refractivity contribution in [2.24, 2.45) is 0 Å². The minimum atomic E-state index is -3.11. The lowest BCUT2D eigenvalue weighted by Gasteiger charge is -2.12. The molecule has 1 aromatic rings. The Labute approximate surface area is 103 Å². The fraction of sp³-hybridized carbons (Fsp3) is 0.538. The van der Waals surface area contributed by atoms with Crippen molar-refractivity contribution in [1.82, 2.24) is 5.32 Å². The van der Waals surface area contributed by atoms with Crippen molar-refractivity contribution >= 4 is 9.84 Å². The molecule has 1 fully saturated rings. The van der Waals surface area contributed by atoms with Crippen molar-refractivity contribution in [3.8, 4) is 0 Å². The predicted molar refractivity (Wildman–Crippen MR) is 69.0 cm³/mol. The highest BCUT2D eigenvalue weighted by molar-refractivity contribution is 7.90. The Balaban J connectivity index is 2.24. The summed E-state index contributed by atoms with van der Waals surface area (Å²) in [6.45, 7) is 2.92. The number of sulfone groups is 1. The van der Waals surface area contributed by atoms with Gasteiger partial charge in [-0.15, -0.1) is 0 Å².